The van der Waals surface area contributed by atoms with Crippen LogP contribution in [0.25, 0.3) is 0 Å². The fourth-order valence-corrected chi connectivity index (χ4v) is 4.12. The van der Waals surface area contributed by atoms with Crippen molar-refractivity contribution in [2.45, 2.75) is 142 Å². The normalized spacial score (nSPS) is 11.7. The third-order valence-electron chi connectivity index (χ3n) is 6.23. The first-order valence-corrected chi connectivity index (χ1v) is 12.5. The predicted molar refractivity (Wildman–Crippen MR) is 121 cm³/mol. The van der Waals surface area contributed by atoms with Gasteiger partial charge >= 0.3 is 11.9 Å². The molecular formula is C25H48O4. The van der Waals surface area contributed by atoms with Crippen molar-refractivity contribution in [1.82, 2.24) is 0 Å². The van der Waals surface area contributed by atoms with Gasteiger partial charge in [0.15, 0.2) is 5.41 Å². The first kappa shape index (κ1) is 27.9. The molecule has 0 aromatic heterocycles. The highest BCUT2D eigenvalue weighted by Crippen LogP contribution is 2.33. The molecule has 172 valence electrons. The van der Waals surface area contributed by atoms with E-state index < -0.39 is 17.4 Å². The Bertz CT molecular complexity index is 392. The number of hydrogen-bond acceptors (Lipinski definition) is 2. The van der Waals surface area contributed by atoms with Gasteiger partial charge in [0.05, 0.1) is 0 Å². The summed E-state index contributed by atoms with van der Waals surface area (Å²) in [5.74, 6) is -2.30. The molecule has 0 fully saturated rings. The molecular weight excluding hydrogens is 364 g/mol. The lowest BCUT2D eigenvalue weighted by Gasteiger charge is -2.25. The number of carboxylic acid groups (broad SMARTS) is 2. The SMILES string of the molecule is CCCCCCCCCCCCC(CCCCCCCCCC)(C(=O)O)C(=O)O. The summed E-state index contributed by atoms with van der Waals surface area (Å²) in [7, 11) is 0. The minimum Gasteiger partial charge on any atom is -0.480 e. The standard InChI is InChI=1S/C25H48O4/c1-3-5-7-9-11-13-14-16-18-20-22-25(23(26)27,24(28)29)21-19-17-15-12-10-8-6-4-2/h3-22H2,1-2H3,(H,26,27)(H,28,29). The van der Waals surface area contributed by atoms with E-state index in [2.05, 4.69) is 13.8 Å². The van der Waals surface area contributed by atoms with Crippen molar-refractivity contribution < 1.29 is 19.8 Å². The van der Waals surface area contributed by atoms with Gasteiger partial charge in [-0.25, -0.2) is 0 Å². The molecule has 0 spiro atoms. The average molecular weight is 413 g/mol. The van der Waals surface area contributed by atoms with Crippen LogP contribution in [-0.2, 0) is 9.59 Å². The third-order valence-corrected chi connectivity index (χ3v) is 6.23. The van der Waals surface area contributed by atoms with Crippen molar-refractivity contribution in [2.24, 2.45) is 5.41 Å². The smallest absolute Gasteiger partial charge is 0.321 e. The number of carbonyl (C=O) groups is 2. The lowest BCUT2D eigenvalue weighted by Crippen LogP contribution is -2.39. The Balaban J connectivity index is 4.06. The van der Waals surface area contributed by atoms with Crippen LogP contribution in [0.3, 0.4) is 0 Å². The molecule has 0 rings (SSSR count). The Labute approximate surface area is 179 Å². The highest BCUT2D eigenvalue weighted by Gasteiger charge is 2.45. The second kappa shape index (κ2) is 18.9. The Kier molecular flexibility index (Phi) is 18.2. The number of hydrogen-bond donors (Lipinski definition) is 2. The van der Waals surface area contributed by atoms with E-state index in [1.54, 1.807) is 0 Å². The van der Waals surface area contributed by atoms with E-state index in [1.807, 2.05) is 0 Å². The van der Waals surface area contributed by atoms with E-state index in [4.69, 9.17) is 0 Å². The van der Waals surface area contributed by atoms with Crippen LogP contribution in [0.5, 0.6) is 0 Å². The molecule has 0 saturated carbocycles. The third kappa shape index (κ3) is 13.7. The minimum absolute atomic E-state index is 0.268. The predicted octanol–water partition coefficient (Wildman–Crippen LogP) is 7.98. The zero-order chi connectivity index (χ0) is 21.8. The number of carboxylic acids is 2. The van der Waals surface area contributed by atoms with E-state index in [0.717, 1.165) is 25.7 Å². The fraction of sp³-hybridized carbons (Fsp3) is 0.920. The van der Waals surface area contributed by atoms with Crippen molar-refractivity contribution in [1.29, 1.82) is 0 Å². The molecule has 0 amide bonds. The van der Waals surface area contributed by atoms with Crippen LogP contribution in [0.15, 0.2) is 0 Å². The van der Waals surface area contributed by atoms with Gasteiger partial charge in [0.2, 0.25) is 0 Å². The molecule has 0 saturated heterocycles. The zero-order valence-electron chi connectivity index (χ0n) is 19.4. The summed E-state index contributed by atoms with van der Waals surface area (Å²) in [5.41, 5.74) is -1.58. The van der Waals surface area contributed by atoms with Crippen LogP contribution in [0.2, 0.25) is 0 Å². The van der Waals surface area contributed by atoms with E-state index >= 15 is 0 Å². The molecule has 4 nitrogen and oxygen atoms in total. The molecule has 2 N–H and O–H groups in total. The summed E-state index contributed by atoms with van der Waals surface area (Å²) in [4.78, 5) is 23.6. The minimum atomic E-state index is -1.58. The second-order valence-corrected chi connectivity index (χ2v) is 8.85. The summed E-state index contributed by atoms with van der Waals surface area (Å²) in [6.45, 7) is 4.43. The number of unbranched alkanes of at least 4 members (excludes halogenated alkanes) is 16. The van der Waals surface area contributed by atoms with Crippen LogP contribution >= 0.6 is 0 Å². The Hall–Kier alpha value is -1.06. The van der Waals surface area contributed by atoms with Gasteiger partial charge in [0, 0.05) is 0 Å². The van der Waals surface area contributed by atoms with Gasteiger partial charge in [-0.15, -0.1) is 0 Å². The molecule has 0 aromatic carbocycles. The molecule has 0 aliphatic heterocycles. The highest BCUT2D eigenvalue weighted by atomic mass is 16.4. The number of aliphatic carboxylic acids is 2. The molecule has 4 heteroatoms. The average Bonchev–Trinajstić information content (AvgIpc) is 2.69. The maximum Gasteiger partial charge on any atom is 0.321 e. The molecule has 0 unspecified atom stereocenters. The van der Waals surface area contributed by atoms with Crippen molar-refractivity contribution in [2.75, 3.05) is 0 Å². The van der Waals surface area contributed by atoms with Gasteiger partial charge in [-0.1, -0.05) is 129 Å². The molecule has 0 atom stereocenters. The van der Waals surface area contributed by atoms with Crippen LogP contribution in [0.4, 0.5) is 0 Å². The fourth-order valence-electron chi connectivity index (χ4n) is 4.12. The Morgan fingerprint density at radius 2 is 0.724 bits per heavy atom. The highest BCUT2D eigenvalue weighted by molar-refractivity contribution is 5.98. The van der Waals surface area contributed by atoms with Gasteiger partial charge in [-0.05, 0) is 12.8 Å². The lowest BCUT2D eigenvalue weighted by atomic mass is 9.78. The first-order chi connectivity index (χ1) is 14.0. The second-order valence-electron chi connectivity index (χ2n) is 8.85. The quantitative estimate of drug-likeness (QED) is 0.140. The van der Waals surface area contributed by atoms with Crippen molar-refractivity contribution in [3.8, 4) is 0 Å². The molecule has 29 heavy (non-hydrogen) atoms. The molecule has 0 aliphatic carbocycles. The zero-order valence-corrected chi connectivity index (χ0v) is 19.4. The summed E-state index contributed by atoms with van der Waals surface area (Å²) >= 11 is 0. The summed E-state index contributed by atoms with van der Waals surface area (Å²) in [5, 5.41) is 19.3. The van der Waals surface area contributed by atoms with Crippen LogP contribution in [-0.4, -0.2) is 22.2 Å². The van der Waals surface area contributed by atoms with E-state index in [9.17, 15) is 19.8 Å². The Morgan fingerprint density at radius 3 is 0.966 bits per heavy atom. The lowest BCUT2D eigenvalue weighted by molar-refractivity contribution is -0.166. The maximum absolute atomic E-state index is 11.8. The van der Waals surface area contributed by atoms with Crippen LogP contribution < -0.4 is 0 Å². The van der Waals surface area contributed by atoms with Gasteiger partial charge in [-0.2, -0.15) is 0 Å². The van der Waals surface area contributed by atoms with Crippen molar-refractivity contribution in [3.63, 3.8) is 0 Å². The molecule has 0 aromatic rings. The van der Waals surface area contributed by atoms with Gasteiger partial charge in [0.1, 0.15) is 0 Å². The van der Waals surface area contributed by atoms with Crippen molar-refractivity contribution in [3.05, 3.63) is 0 Å². The van der Waals surface area contributed by atoms with E-state index in [-0.39, 0.29) is 12.8 Å². The molecule has 0 heterocycles. The maximum atomic E-state index is 11.8. The molecule has 0 aliphatic rings. The van der Waals surface area contributed by atoms with Gasteiger partial charge in [0.25, 0.3) is 0 Å². The topological polar surface area (TPSA) is 74.6 Å². The largest absolute Gasteiger partial charge is 0.480 e. The van der Waals surface area contributed by atoms with E-state index in [0.29, 0.717) is 12.8 Å². The van der Waals surface area contributed by atoms with Gasteiger partial charge < -0.3 is 10.2 Å². The summed E-state index contributed by atoms with van der Waals surface area (Å²) in [6, 6.07) is 0. The Morgan fingerprint density at radius 1 is 0.483 bits per heavy atom. The van der Waals surface area contributed by atoms with Crippen LogP contribution in [0.1, 0.15) is 142 Å². The molecule has 0 radical (unpaired) electrons. The summed E-state index contributed by atoms with van der Waals surface area (Å²) < 4.78 is 0. The first-order valence-electron chi connectivity index (χ1n) is 12.5. The number of rotatable bonds is 22. The molecule has 0 bridgehead atoms. The van der Waals surface area contributed by atoms with Crippen LogP contribution in [0, 0.1) is 5.41 Å². The van der Waals surface area contributed by atoms with Gasteiger partial charge in [-0.3, -0.25) is 9.59 Å². The monoisotopic (exact) mass is 412 g/mol. The van der Waals surface area contributed by atoms with E-state index in [1.165, 1.54) is 77.0 Å². The van der Waals surface area contributed by atoms with Crippen molar-refractivity contribution >= 4 is 11.9 Å². The summed E-state index contributed by atoms with van der Waals surface area (Å²) in [6.07, 6.45) is 21.1.